The van der Waals surface area contributed by atoms with E-state index in [4.69, 9.17) is 0 Å². The fourth-order valence-electron chi connectivity index (χ4n) is 1.35. The average molecular weight is 207 g/mol. The van der Waals surface area contributed by atoms with Crippen molar-refractivity contribution in [2.45, 2.75) is 0 Å². The Kier molecular flexibility index (Phi) is 2.29. The van der Waals surface area contributed by atoms with E-state index in [9.17, 15) is 0 Å². The van der Waals surface area contributed by atoms with Crippen LogP contribution in [0, 0.1) is 0 Å². The molecule has 0 unspecified atom stereocenters. The molecule has 0 amide bonds. The zero-order valence-electron chi connectivity index (χ0n) is 8.56. The maximum Gasteiger partial charge on any atom is 0.208 e. The van der Waals surface area contributed by atoms with Gasteiger partial charge in [-0.05, 0) is 12.1 Å². The highest BCUT2D eigenvalue weighted by Gasteiger charge is 2.00. The van der Waals surface area contributed by atoms with Gasteiger partial charge in [-0.3, -0.25) is 0 Å². The van der Waals surface area contributed by atoms with E-state index in [0.717, 1.165) is 4.80 Å². The summed E-state index contributed by atoms with van der Waals surface area (Å²) in [5.41, 5.74) is 1.23. The summed E-state index contributed by atoms with van der Waals surface area (Å²) >= 11 is 1.71. The standard InChI is InChI=1S/C10H13N3S/c1-12(2)11-10-13(3)8-6-4-5-7-9(8)14-10/h4-7H,1-3H3/b11-10+. The Labute approximate surface area is 86.9 Å². The van der Waals surface area contributed by atoms with Crippen molar-refractivity contribution in [1.29, 1.82) is 0 Å². The quantitative estimate of drug-likeness (QED) is 0.651. The first-order valence-corrected chi connectivity index (χ1v) is 5.26. The van der Waals surface area contributed by atoms with Crippen LogP contribution < -0.4 is 4.80 Å². The Bertz CT molecular complexity index is 507. The van der Waals surface area contributed by atoms with Crippen LogP contribution >= 0.6 is 11.3 Å². The summed E-state index contributed by atoms with van der Waals surface area (Å²) in [5, 5.41) is 6.24. The second-order valence-electron chi connectivity index (χ2n) is 3.36. The monoisotopic (exact) mass is 207 g/mol. The van der Waals surface area contributed by atoms with Crippen molar-refractivity contribution >= 4 is 21.6 Å². The predicted molar refractivity (Wildman–Crippen MR) is 60.0 cm³/mol. The lowest BCUT2D eigenvalue weighted by molar-refractivity contribution is 0.417. The van der Waals surface area contributed by atoms with Crippen molar-refractivity contribution in [3.63, 3.8) is 0 Å². The van der Waals surface area contributed by atoms with Crippen molar-refractivity contribution in [3.05, 3.63) is 29.1 Å². The predicted octanol–water partition coefficient (Wildman–Crippen LogP) is 1.62. The molecule has 1 heterocycles. The minimum Gasteiger partial charge on any atom is -0.318 e. The molecule has 2 aromatic rings. The summed E-state index contributed by atoms with van der Waals surface area (Å²) in [5.74, 6) is 0. The summed E-state index contributed by atoms with van der Waals surface area (Å²) in [6, 6.07) is 8.34. The molecule has 0 N–H and O–H groups in total. The van der Waals surface area contributed by atoms with E-state index < -0.39 is 0 Å². The molecule has 4 heteroatoms. The van der Waals surface area contributed by atoms with Gasteiger partial charge in [0, 0.05) is 21.1 Å². The smallest absolute Gasteiger partial charge is 0.208 e. The molecular weight excluding hydrogens is 194 g/mol. The lowest BCUT2D eigenvalue weighted by atomic mass is 10.3. The zero-order chi connectivity index (χ0) is 10.1. The first kappa shape index (κ1) is 9.27. The normalized spacial score (nSPS) is 12.4. The van der Waals surface area contributed by atoms with Crippen LogP contribution in [0.3, 0.4) is 0 Å². The van der Waals surface area contributed by atoms with Crippen molar-refractivity contribution in [2.24, 2.45) is 12.1 Å². The molecule has 0 spiro atoms. The van der Waals surface area contributed by atoms with Crippen LogP contribution in [0.25, 0.3) is 10.2 Å². The Balaban J connectivity index is 2.75. The number of fused-ring (bicyclic) bond motifs is 1. The first-order valence-electron chi connectivity index (χ1n) is 4.45. The molecule has 0 radical (unpaired) electrons. The van der Waals surface area contributed by atoms with Crippen molar-refractivity contribution in [2.75, 3.05) is 14.1 Å². The van der Waals surface area contributed by atoms with Crippen LogP contribution in [0.15, 0.2) is 29.4 Å². The largest absolute Gasteiger partial charge is 0.318 e. The molecule has 1 aromatic heterocycles. The van der Waals surface area contributed by atoms with E-state index in [0.29, 0.717) is 0 Å². The third-order valence-corrected chi connectivity index (χ3v) is 3.10. The summed E-state index contributed by atoms with van der Waals surface area (Å²) < 4.78 is 3.38. The van der Waals surface area contributed by atoms with Gasteiger partial charge in [0.25, 0.3) is 0 Å². The maximum atomic E-state index is 4.41. The molecule has 0 aliphatic heterocycles. The van der Waals surface area contributed by atoms with Gasteiger partial charge in [-0.2, -0.15) is 0 Å². The second kappa shape index (κ2) is 3.46. The van der Waals surface area contributed by atoms with Crippen LogP contribution in [-0.2, 0) is 7.05 Å². The van der Waals surface area contributed by atoms with E-state index in [2.05, 4.69) is 33.9 Å². The molecule has 14 heavy (non-hydrogen) atoms. The fourth-order valence-corrected chi connectivity index (χ4v) is 2.44. The third-order valence-electron chi connectivity index (χ3n) is 2.00. The van der Waals surface area contributed by atoms with Gasteiger partial charge in [0.2, 0.25) is 4.80 Å². The van der Waals surface area contributed by atoms with Gasteiger partial charge in [0.15, 0.2) is 0 Å². The molecule has 3 nitrogen and oxygen atoms in total. The van der Waals surface area contributed by atoms with Gasteiger partial charge >= 0.3 is 0 Å². The van der Waals surface area contributed by atoms with Crippen LogP contribution in [0.5, 0.6) is 0 Å². The number of aryl methyl sites for hydroxylation is 1. The van der Waals surface area contributed by atoms with Gasteiger partial charge in [0.05, 0.1) is 10.2 Å². The van der Waals surface area contributed by atoms with Crippen LogP contribution in [-0.4, -0.2) is 23.7 Å². The Morgan fingerprint density at radius 2 is 2.00 bits per heavy atom. The molecule has 0 saturated heterocycles. The van der Waals surface area contributed by atoms with E-state index in [-0.39, 0.29) is 0 Å². The van der Waals surface area contributed by atoms with Gasteiger partial charge < -0.3 is 9.58 Å². The van der Waals surface area contributed by atoms with Gasteiger partial charge in [-0.15, -0.1) is 5.10 Å². The number of aromatic nitrogens is 1. The molecule has 2 rings (SSSR count). The van der Waals surface area contributed by atoms with Crippen molar-refractivity contribution in [1.82, 2.24) is 9.58 Å². The van der Waals surface area contributed by atoms with Crippen LogP contribution in [0.2, 0.25) is 0 Å². The SMILES string of the molecule is CN(C)/N=c1/sc2ccccc2n1C. The lowest BCUT2D eigenvalue weighted by Crippen LogP contribution is -2.16. The first-order chi connectivity index (χ1) is 6.68. The minimum absolute atomic E-state index is 1.02. The summed E-state index contributed by atoms with van der Waals surface area (Å²) in [4.78, 5) is 1.02. The Hall–Kier alpha value is -1.29. The van der Waals surface area contributed by atoms with E-state index in [1.807, 2.05) is 26.2 Å². The molecular formula is C10H13N3S. The molecule has 1 aromatic carbocycles. The molecule has 0 aliphatic carbocycles. The van der Waals surface area contributed by atoms with Crippen LogP contribution in [0.4, 0.5) is 0 Å². The zero-order valence-corrected chi connectivity index (χ0v) is 9.38. The number of hydrogen-bond donors (Lipinski definition) is 0. The highest BCUT2D eigenvalue weighted by atomic mass is 32.1. The molecule has 0 saturated carbocycles. The molecule has 0 atom stereocenters. The number of para-hydroxylation sites is 1. The minimum atomic E-state index is 1.02. The Morgan fingerprint density at radius 1 is 1.29 bits per heavy atom. The number of benzene rings is 1. The fraction of sp³-hybridized carbons (Fsp3) is 0.300. The van der Waals surface area contributed by atoms with Crippen LogP contribution in [0.1, 0.15) is 0 Å². The second-order valence-corrected chi connectivity index (χ2v) is 4.37. The van der Waals surface area contributed by atoms with E-state index in [1.165, 1.54) is 10.2 Å². The van der Waals surface area contributed by atoms with Gasteiger partial charge in [-0.1, -0.05) is 23.5 Å². The van der Waals surface area contributed by atoms with Crippen molar-refractivity contribution in [3.8, 4) is 0 Å². The van der Waals surface area contributed by atoms with E-state index in [1.54, 1.807) is 11.3 Å². The number of hydrogen-bond acceptors (Lipinski definition) is 3. The summed E-state index contributed by atoms with van der Waals surface area (Å²) in [6.07, 6.45) is 0. The third kappa shape index (κ3) is 1.53. The number of thiazole rings is 1. The van der Waals surface area contributed by atoms with Gasteiger partial charge in [0.1, 0.15) is 0 Å². The number of nitrogens with zero attached hydrogens (tertiary/aromatic N) is 3. The maximum absolute atomic E-state index is 4.41. The summed E-state index contributed by atoms with van der Waals surface area (Å²) in [6.45, 7) is 0. The number of rotatable bonds is 1. The van der Waals surface area contributed by atoms with Gasteiger partial charge in [-0.25, -0.2) is 0 Å². The topological polar surface area (TPSA) is 20.5 Å². The lowest BCUT2D eigenvalue weighted by Gasteiger charge is -2.01. The van der Waals surface area contributed by atoms with Crippen molar-refractivity contribution < 1.29 is 0 Å². The average Bonchev–Trinajstić information content (AvgIpc) is 2.44. The highest BCUT2D eigenvalue weighted by molar-refractivity contribution is 7.16. The molecule has 74 valence electrons. The Morgan fingerprint density at radius 3 is 2.64 bits per heavy atom. The van der Waals surface area contributed by atoms with E-state index >= 15 is 0 Å². The summed E-state index contributed by atoms with van der Waals surface area (Å²) in [7, 11) is 5.91. The molecule has 0 aliphatic rings. The molecule has 0 fully saturated rings. The highest BCUT2D eigenvalue weighted by Crippen LogP contribution is 2.14. The molecule has 0 bridgehead atoms.